The van der Waals surface area contributed by atoms with Crippen molar-refractivity contribution in [2.75, 3.05) is 16.8 Å². The van der Waals surface area contributed by atoms with E-state index in [1.165, 1.54) is 0 Å². The van der Waals surface area contributed by atoms with Gasteiger partial charge >= 0.3 is 0 Å². The predicted molar refractivity (Wildman–Crippen MR) is 70.9 cm³/mol. The topological polar surface area (TPSA) is 108 Å². The highest BCUT2D eigenvalue weighted by Crippen LogP contribution is 2.15. The van der Waals surface area contributed by atoms with E-state index in [-0.39, 0.29) is 5.95 Å². The van der Waals surface area contributed by atoms with Gasteiger partial charge < -0.3 is 16.8 Å². The molecule has 7 heteroatoms. The third kappa shape index (κ3) is 2.34. The maximum absolute atomic E-state index is 5.60. The summed E-state index contributed by atoms with van der Waals surface area (Å²) in [5.41, 5.74) is 14.4. The molecule has 0 saturated carbocycles. The van der Waals surface area contributed by atoms with Gasteiger partial charge in [0.15, 0.2) is 0 Å². The Balaban J connectivity index is 2.16. The van der Waals surface area contributed by atoms with Crippen LogP contribution in [0.2, 0.25) is 0 Å². The summed E-state index contributed by atoms with van der Waals surface area (Å²) < 4.78 is 1.86. The normalized spacial score (nSPS) is 10.6. The van der Waals surface area contributed by atoms with Crippen LogP contribution in [0.4, 0.5) is 17.6 Å². The molecule has 0 saturated heterocycles. The largest absolute Gasteiger partial charge is 0.383 e. The number of anilines is 3. The van der Waals surface area contributed by atoms with E-state index >= 15 is 0 Å². The lowest BCUT2D eigenvalue weighted by atomic mass is 10.2. The highest BCUT2D eigenvalue weighted by Gasteiger charge is 2.09. The van der Waals surface area contributed by atoms with E-state index in [0.717, 1.165) is 17.0 Å². The Bertz CT molecular complexity index is 553. The highest BCUT2D eigenvalue weighted by molar-refractivity contribution is 5.49. The SMILES string of the molecule is Cc1nn(C)c(C)c1CNc1cc(N)nc(N)n1. The van der Waals surface area contributed by atoms with Gasteiger partial charge in [-0.2, -0.15) is 15.1 Å². The fourth-order valence-corrected chi connectivity index (χ4v) is 1.83. The van der Waals surface area contributed by atoms with Crippen molar-refractivity contribution in [3.8, 4) is 0 Å². The van der Waals surface area contributed by atoms with Gasteiger partial charge in [0.2, 0.25) is 5.95 Å². The molecule has 0 radical (unpaired) electrons. The molecule has 0 atom stereocenters. The van der Waals surface area contributed by atoms with Crippen molar-refractivity contribution < 1.29 is 0 Å². The molecule has 0 amide bonds. The maximum Gasteiger partial charge on any atom is 0.223 e. The number of nitrogens with two attached hydrogens (primary N) is 2. The lowest BCUT2D eigenvalue weighted by Crippen LogP contribution is -2.07. The average molecular weight is 247 g/mol. The van der Waals surface area contributed by atoms with E-state index in [2.05, 4.69) is 20.4 Å². The monoisotopic (exact) mass is 247 g/mol. The third-order valence-corrected chi connectivity index (χ3v) is 2.87. The Morgan fingerprint density at radius 1 is 1.28 bits per heavy atom. The smallest absolute Gasteiger partial charge is 0.223 e. The fraction of sp³-hybridized carbons (Fsp3) is 0.364. The molecule has 0 aromatic carbocycles. The minimum absolute atomic E-state index is 0.164. The summed E-state index contributed by atoms with van der Waals surface area (Å²) in [5, 5.41) is 7.53. The first-order valence-electron chi connectivity index (χ1n) is 5.60. The minimum atomic E-state index is 0.164. The van der Waals surface area contributed by atoms with Crippen molar-refractivity contribution in [1.82, 2.24) is 19.7 Å². The van der Waals surface area contributed by atoms with Crippen LogP contribution in [-0.2, 0) is 13.6 Å². The zero-order chi connectivity index (χ0) is 13.3. The van der Waals surface area contributed by atoms with Gasteiger partial charge in [0.1, 0.15) is 11.6 Å². The number of aromatic nitrogens is 4. The van der Waals surface area contributed by atoms with Crippen molar-refractivity contribution in [2.24, 2.45) is 7.05 Å². The zero-order valence-corrected chi connectivity index (χ0v) is 10.7. The van der Waals surface area contributed by atoms with E-state index in [9.17, 15) is 0 Å². The second-order valence-electron chi connectivity index (χ2n) is 4.16. The molecule has 0 unspecified atom stereocenters. The molecular formula is C11H17N7. The summed E-state index contributed by atoms with van der Waals surface area (Å²) in [6.45, 7) is 4.63. The van der Waals surface area contributed by atoms with Gasteiger partial charge in [-0.3, -0.25) is 4.68 Å². The highest BCUT2D eigenvalue weighted by atomic mass is 15.3. The molecule has 0 aliphatic heterocycles. The fourth-order valence-electron chi connectivity index (χ4n) is 1.83. The van der Waals surface area contributed by atoms with Crippen LogP contribution < -0.4 is 16.8 Å². The molecule has 2 aromatic rings. The number of nitrogens with zero attached hydrogens (tertiary/aromatic N) is 4. The van der Waals surface area contributed by atoms with E-state index in [0.29, 0.717) is 18.2 Å². The lowest BCUT2D eigenvalue weighted by molar-refractivity contribution is 0.730. The molecule has 0 bridgehead atoms. The first-order chi connectivity index (χ1) is 8.47. The number of rotatable bonds is 3. The van der Waals surface area contributed by atoms with Gasteiger partial charge in [-0.05, 0) is 13.8 Å². The molecule has 0 aliphatic rings. The Hall–Kier alpha value is -2.31. The quantitative estimate of drug-likeness (QED) is 0.733. The van der Waals surface area contributed by atoms with Gasteiger partial charge in [-0.1, -0.05) is 0 Å². The molecule has 7 nitrogen and oxygen atoms in total. The van der Waals surface area contributed by atoms with E-state index in [1.807, 2.05) is 25.6 Å². The number of hydrogen-bond acceptors (Lipinski definition) is 6. The van der Waals surface area contributed by atoms with Gasteiger partial charge in [0, 0.05) is 30.9 Å². The van der Waals surface area contributed by atoms with Gasteiger partial charge in [0.25, 0.3) is 0 Å². The Morgan fingerprint density at radius 3 is 2.56 bits per heavy atom. The van der Waals surface area contributed by atoms with Crippen molar-refractivity contribution >= 4 is 17.6 Å². The van der Waals surface area contributed by atoms with Crippen LogP contribution in [0.5, 0.6) is 0 Å². The van der Waals surface area contributed by atoms with Crippen LogP contribution in [0.3, 0.4) is 0 Å². The van der Waals surface area contributed by atoms with Gasteiger partial charge in [-0.25, -0.2) is 0 Å². The second-order valence-corrected chi connectivity index (χ2v) is 4.16. The molecule has 2 aromatic heterocycles. The summed E-state index contributed by atoms with van der Waals surface area (Å²) in [6, 6.07) is 1.65. The molecule has 0 aliphatic carbocycles. The first-order valence-corrected chi connectivity index (χ1v) is 5.60. The number of aryl methyl sites for hydroxylation is 2. The van der Waals surface area contributed by atoms with Crippen LogP contribution >= 0.6 is 0 Å². The average Bonchev–Trinajstić information content (AvgIpc) is 2.50. The van der Waals surface area contributed by atoms with Crippen LogP contribution in [0.15, 0.2) is 6.07 Å². The van der Waals surface area contributed by atoms with Crippen molar-refractivity contribution in [1.29, 1.82) is 0 Å². The number of nitrogen functional groups attached to an aromatic ring is 2. The summed E-state index contributed by atoms with van der Waals surface area (Å²) in [6.07, 6.45) is 0. The summed E-state index contributed by atoms with van der Waals surface area (Å²) in [4.78, 5) is 7.88. The second kappa shape index (κ2) is 4.52. The molecule has 2 rings (SSSR count). The molecule has 18 heavy (non-hydrogen) atoms. The van der Waals surface area contributed by atoms with E-state index in [4.69, 9.17) is 11.5 Å². The van der Waals surface area contributed by atoms with Crippen molar-refractivity contribution in [3.63, 3.8) is 0 Å². The molecule has 2 heterocycles. The summed E-state index contributed by atoms with van der Waals surface area (Å²) in [7, 11) is 1.92. The maximum atomic E-state index is 5.60. The minimum Gasteiger partial charge on any atom is -0.383 e. The molecule has 0 spiro atoms. The number of nitrogens with one attached hydrogen (secondary N) is 1. The Labute approximate surface area is 105 Å². The molecule has 0 fully saturated rings. The molecule has 96 valence electrons. The lowest BCUT2D eigenvalue weighted by Gasteiger charge is -2.07. The van der Waals surface area contributed by atoms with Crippen LogP contribution in [0.25, 0.3) is 0 Å². The third-order valence-electron chi connectivity index (χ3n) is 2.87. The van der Waals surface area contributed by atoms with Gasteiger partial charge in [0.05, 0.1) is 5.69 Å². The van der Waals surface area contributed by atoms with Crippen LogP contribution in [0, 0.1) is 13.8 Å². The number of hydrogen-bond donors (Lipinski definition) is 3. The van der Waals surface area contributed by atoms with Crippen LogP contribution in [0.1, 0.15) is 17.0 Å². The van der Waals surface area contributed by atoms with Crippen molar-refractivity contribution in [3.05, 3.63) is 23.0 Å². The summed E-state index contributed by atoms with van der Waals surface area (Å²) >= 11 is 0. The zero-order valence-electron chi connectivity index (χ0n) is 10.7. The summed E-state index contributed by atoms with van der Waals surface area (Å²) in [5.74, 6) is 1.13. The Morgan fingerprint density at radius 2 is 2.00 bits per heavy atom. The molecule has 5 N–H and O–H groups in total. The van der Waals surface area contributed by atoms with Crippen molar-refractivity contribution in [2.45, 2.75) is 20.4 Å². The van der Waals surface area contributed by atoms with Gasteiger partial charge in [-0.15, -0.1) is 0 Å². The van der Waals surface area contributed by atoms with E-state index < -0.39 is 0 Å². The predicted octanol–water partition coefficient (Wildman–Crippen LogP) is 0.603. The molecular weight excluding hydrogens is 230 g/mol. The van der Waals surface area contributed by atoms with Crippen LogP contribution in [-0.4, -0.2) is 19.7 Å². The Kier molecular flexibility index (Phi) is 3.05. The standard InChI is InChI=1S/C11H17N7/c1-6-8(7(2)18(3)17-6)5-14-10-4-9(12)15-11(13)16-10/h4H,5H2,1-3H3,(H5,12,13,14,15,16). The van der Waals surface area contributed by atoms with E-state index in [1.54, 1.807) is 6.07 Å². The first kappa shape index (κ1) is 12.2.